The van der Waals surface area contributed by atoms with Gasteiger partial charge in [-0.3, -0.25) is 9.69 Å². The van der Waals surface area contributed by atoms with Gasteiger partial charge in [0.15, 0.2) is 0 Å². The maximum Gasteiger partial charge on any atom is 0.234 e. The van der Waals surface area contributed by atoms with Crippen LogP contribution in [0.5, 0.6) is 0 Å². The number of carbonyl (C=O) groups excluding carboxylic acids is 1. The molecule has 1 aromatic carbocycles. The van der Waals surface area contributed by atoms with Crippen LogP contribution in [-0.4, -0.2) is 36.5 Å². The zero-order valence-electron chi connectivity index (χ0n) is 14.5. The van der Waals surface area contributed by atoms with E-state index in [4.69, 9.17) is 0 Å². The van der Waals surface area contributed by atoms with Gasteiger partial charge in [0, 0.05) is 6.04 Å². The number of halogens is 1. The fourth-order valence-electron chi connectivity index (χ4n) is 3.02. The Labute approximate surface area is 139 Å². The summed E-state index contributed by atoms with van der Waals surface area (Å²) in [5.41, 5.74) is 1.08. The summed E-state index contributed by atoms with van der Waals surface area (Å²) in [7, 11) is 0. The highest BCUT2D eigenvalue weighted by Crippen LogP contribution is 2.21. The molecule has 1 N–H and O–H groups in total. The Morgan fingerprint density at radius 3 is 2.61 bits per heavy atom. The summed E-state index contributed by atoms with van der Waals surface area (Å²) in [4.78, 5) is 14.3. The topological polar surface area (TPSA) is 32.3 Å². The third-order valence-corrected chi connectivity index (χ3v) is 4.88. The Kier molecular flexibility index (Phi) is 6.58. The van der Waals surface area contributed by atoms with Gasteiger partial charge < -0.3 is 5.32 Å². The van der Waals surface area contributed by atoms with E-state index in [9.17, 15) is 9.18 Å². The Morgan fingerprint density at radius 1 is 1.30 bits per heavy atom. The lowest BCUT2D eigenvalue weighted by molar-refractivity contribution is -0.123. The summed E-state index contributed by atoms with van der Waals surface area (Å²) < 4.78 is 13.2. The number of likely N-dealkylation sites (tertiary alicyclic amines) is 1. The zero-order chi connectivity index (χ0) is 16.8. The van der Waals surface area contributed by atoms with Gasteiger partial charge in [0.25, 0.3) is 0 Å². The predicted octanol–water partition coefficient (Wildman–Crippen LogP) is 3.24. The molecule has 2 rings (SSSR count). The van der Waals surface area contributed by atoms with Crippen LogP contribution in [0.3, 0.4) is 0 Å². The Morgan fingerprint density at radius 2 is 2.00 bits per heavy atom. The summed E-state index contributed by atoms with van der Waals surface area (Å²) in [5, 5.41) is 3.06. The Hall–Kier alpha value is -1.42. The first-order valence-corrected chi connectivity index (χ1v) is 8.70. The predicted molar refractivity (Wildman–Crippen MR) is 91.7 cm³/mol. The molecule has 0 saturated carbocycles. The molecule has 1 heterocycles. The second-order valence-corrected chi connectivity index (χ2v) is 7.15. The SMILES string of the molecule is CC(C)C(C)NC(=O)CN1CCC(Cc2cccc(F)c2)CC1. The average Bonchev–Trinajstić information content (AvgIpc) is 2.49. The molecule has 1 atom stereocenters. The number of hydrogen-bond acceptors (Lipinski definition) is 2. The number of nitrogens with zero attached hydrogens (tertiary/aromatic N) is 1. The Balaban J connectivity index is 1.72. The first-order valence-electron chi connectivity index (χ1n) is 8.70. The van der Waals surface area contributed by atoms with Crippen molar-refractivity contribution in [3.63, 3.8) is 0 Å². The van der Waals surface area contributed by atoms with Crippen LogP contribution in [-0.2, 0) is 11.2 Å². The largest absolute Gasteiger partial charge is 0.352 e. The molecule has 0 radical (unpaired) electrons. The number of benzene rings is 1. The minimum atomic E-state index is -0.157. The van der Waals surface area contributed by atoms with Crippen LogP contribution in [0, 0.1) is 17.7 Å². The van der Waals surface area contributed by atoms with Crippen molar-refractivity contribution in [1.29, 1.82) is 0 Å². The number of nitrogens with one attached hydrogen (secondary N) is 1. The molecular formula is C19H29FN2O. The highest BCUT2D eigenvalue weighted by molar-refractivity contribution is 5.78. The van der Waals surface area contributed by atoms with Crippen LogP contribution in [0.1, 0.15) is 39.2 Å². The van der Waals surface area contributed by atoms with E-state index in [1.54, 1.807) is 12.1 Å². The van der Waals surface area contributed by atoms with E-state index in [-0.39, 0.29) is 17.8 Å². The van der Waals surface area contributed by atoms with E-state index >= 15 is 0 Å². The van der Waals surface area contributed by atoms with Gasteiger partial charge in [-0.1, -0.05) is 26.0 Å². The first-order chi connectivity index (χ1) is 10.9. The summed E-state index contributed by atoms with van der Waals surface area (Å²) >= 11 is 0. The minimum Gasteiger partial charge on any atom is -0.352 e. The van der Waals surface area contributed by atoms with E-state index < -0.39 is 0 Å². The van der Waals surface area contributed by atoms with Crippen molar-refractivity contribution >= 4 is 5.91 Å². The second-order valence-electron chi connectivity index (χ2n) is 7.15. The van der Waals surface area contributed by atoms with Crippen LogP contribution >= 0.6 is 0 Å². The van der Waals surface area contributed by atoms with Crippen LogP contribution in [0.15, 0.2) is 24.3 Å². The third kappa shape index (κ3) is 5.94. The van der Waals surface area contributed by atoms with E-state index in [1.165, 1.54) is 6.07 Å². The molecule has 23 heavy (non-hydrogen) atoms. The smallest absolute Gasteiger partial charge is 0.234 e. The van der Waals surface area contributed by atoms with Crippen LogP contribution in [0.25, 0.3) is 0 Å². The van der Waals surface area contributed by atoms with Crippen LogP contribution in [0.4, 0.5) is 4.39 Å². The lowest BCUT2D eigenvalue weighted by Crippen LogP contribution is -2.45. The molecule has 1 amide bonds. The maximum absolute atomic E-state index is 13.2. The average molecular weight is 320 g/mol. The number of carbonyl (C=O) groups is 1. The van der Waals surface area contributed by atoms with Crippen molar-refractivity contribution in [2.45, 2.75) is 46.1 Å². The van der Waals surface area contributed by atoms with Gasteiger partial charge in [-0.15, -0.1) is 0 Å². The van der Waals surface area contributed by atoms with Crippen molar-refractivity contribution in [2.75, 3.05) is 19.6 Å². The molecule has 1 saturated heterocycles. The molecule has 0 spiro atoms. The van der Waals surface area contributed by atoms with E-state index in [0.29, 0.717) is 18.4 Å². The first kappa shape index (κ1) is 17.9. The number of piperidine rings is 1. The normalized spacial score (nSPS) is 18.1. The molecule has 1 fully saturated rings. The van der Waals surface area contributed by atoms with E-state index in [1.807, 2.05) is 13.0 Å². The third-order valence-electron chi connectivity index (χ3n) is 4.88. The fraction of sp³-hybridized carbons (Fsp3) is 0.632. The summed E-state index contributed by atoms with van der Waals surface area (Å²) in [5.74, 6) is 1.01. The lowest BCUT2D eigenvalue weighted by atomic mass is 9.90. The van der Waals surface area contributed by atoms with Gasteiger partial charge in [0.05, 0.1) is 6.54 Å². The fourth-order valence-corrected chi connectivity index (χ4v) is 3.02. The highest BCUT2D eigenvalue weighted by atomic mass is 19.1. The minimum absolute atomic E-state index is 0.120. The molecule has 1 aliphatic heterocycles. The van der Waals surface area contributed by atoms with Gasteiger partial charge in [0.1, 0.15) is 5.82 Å². The van der Waals surface area contributed by atoms with Crippen LogP contribution < -0.4 is 5.32 Å². The number of rotatable bonds is 6. The molecule has 4 heteroatoms. The van der Waals surface area contributed by atoms with E-state index in [0.717, 1.165) is 37.9 Å². The van der Waals surface area contributed by atoms with Gasteiger partial charge in [-0.05, 0) is 68.8 Å². The monoisotopic (exact) mass is 320 g/mol. The van der Waals surface area contributed by atoms with Gasteiger partial charge >= 0.3 is 0 Å². The molecule has 3 nitrogen and oxygen atoms in total. The number of amides is 1. The summed E-state index contributed by atoms with van der Waals surface area (Å²) in [6.45, 7) is 8.66. The quantitative estimate of drug-likeness (QED) is 0.873. The molecule has 128 valence electrons. The molecular weight excluding hydrogens is 291 g/mol. The van der Waals surface area contributed by atoms with Gasteiger partial charge in [-0.25, -0.2) is 4.39 Å². The van der Waals surface area contributed by atoms with Crippen molar-refractivity contribution in [3.8, 4) is 0 Å². The van der Waals surface area contributed by atoms with Gasteiger partial charge in [-0.2, -0.15) is 0 Å². The molecule has 0 aromatic heterocycles. The summed E-state index contributed by atoms with van der Waals surface area (Å²) in [6.07, 6.45) is 3.08. The van der Waals surface area contributed by atoms with Crippen molar-refractivity contribution in [3.05, 3.63) is 35.6 Å². The van der Waals surface area contributed by atoms with Crippen LogP contribution in [0.2, 0.25) is 0 Å². The Bertz CT molecular complexity index is 510. The molecule has 0 bridgehead atoms. The molecule has 0 aliphatic carbocycles. The van der Waals surface area contributed by atoms with Crippen molar-refractivity contribution in [1.82, 2.24) is 10.2 Å². The van der Waals surface area contributed by atoms with Gasteiger partial charge in [0.2, 0.25) is 5.91 Å². The second kappa shape index (κ2) is 8.44. The van der Waals surface area contributed by atoms with E-state index in [2.05, 4.69) is 24.1 Å². The molecule has 1 aliphatic rings. The standard InChI is InChI=1S/C19H29FN2O/c1-14(2)15(3)21-19(23)13-22-9-7-16(8-10-22)11-17-5-4-6-18(20)12-17/h4-6,12,14-16H,7-11,13H2,1-3H3,(H,21,23). The molecule has 1 unspecified atom stereocenters. The summed E-state index contributed by atoms with van der Waals surface area (Å²) in [6, 6.07) is 7.11. The maximum atomic E-state index is 13.2. The van der Waals surface area contributed by atoms with Crippen molar-refractivity contribution in [2.24, 2.45) is 11.8 Å². The van der Waals surface area contributed by atoms with Crippen molar-refractivity contribution < 1.29 is 9.18 Å². The lowest BCUT2D eigenvalue weighted by Gasteiger charge is -2.32. The zero-order valence-corrected chi connectivity index (χ0v) is 14.5. The highest BCUT2D eigenvalue weighted by Gasteiger charge is 2.22. The molecule has 1 aromatic rings. The number of hydrogen-bond donors (Lipinski definition) is 1.